The molecule has 0 aromatic carbocycles. The molecule has 0 spiro atoms. The van der Waals surface area contributed by atoms with Gasteiger partial charge in [-0.3, -0.25) is 9.59 Å². The van der Waals surface area contributed by atoms with Crippen LogP contribution in [0, 0.1) is 0 Å². The lowest BCUT2D eigenvalue weighted by atomic mass is 9.96. The molecule has 0 bridgehead atoms. The van der Waals surface area contributed by atoms with E-state index in [2.05, 4.69) is 0 Å². The second-order valence-electron chi connectivity index (χ2n) is 5.68. The molecule has 3 atom stereocenters. The number of hydrogen-bond donors (Lipinski definition) is 10. The van der Waals surface area contributed by atoms with Crippen molar-refractivity contribution in [2.75, 3.05) is 12.0 Å². The zero-order chi connectivity index (χ0) is 26.2. The van der Waals surface area contributed by atoms with Gasteiger partial charge in [0, 0.05) is 0 Å². The molecular weight excluding hydrogens is 468 g/mol. The van der Waals surface area contributed by atoms with E-state index in [1.807, 2.05) is 6.26 Å². The number of aliphatic hydroxyl groups excluding tert-OH is 3. The lowest BCUT2D eigenvalue weighted by Crippen LogP contribution is -2.42. The molecular formula is C15H24O16S. The van der Waals surface area contributed by atoms with Crippen molar-refractivity contribution in [3.05, 3.63) is 0 Å². The van der Waals surface area contributed by atoms with Crippen molar-refractivity contribution in [1.29, 1.82) is 0 Å². The van der Waals surface area contributed by atoms with E-state index >= 15 is 0 Å². The summed E-state index contributed by atoms with van der Waals surface area (Å²) in [5.41, 5.74) is -2.74. The van der Waals surface area contributed by atoms with Crippen LogP contribution < -0.4 is 0 Å². The molecule has 186 valence electrons. The number of carboxylic acid groups (broad SMARTS) is 6. The first-order valence-corrected chi connectivity index (χ1v) is 9.43. The third kappa shape index (κ3) is 16.8. The molecule has 0 saturated heterocycles. The Kier molecular flexibility index (Phi) is 17.5. The lowest BCUT2D eigenvalue weighted by Gasteiger charge is -2.18. The summed E-state index contributed by atoms with van der Waals surface area (Å²) < 4.78 is 0. The van der Waals surface area contributed by atoms with E-state index in [0.29, 0.717) is 12.2 Å². The smallest absolute Gasteiger partial charge is 0.336 e. The zero-order valence-electron chi connectivity index (χ0n) is 16.4. The van der Waals surface area contributed by atoms with Crippen LogP contribution >= 0.6 is 11.8 Å². The molecule has 0 aliphatic heterocycles. The number of aliphatic hydroxyl groups is 4. The molecule has 0 amide bonds. The van der Waals surface area contributed by atoms with E-state index in [1.165, 1.54) is 11.8 Å². The van der Waals surface area contributed by atoms with Gasteiger partial charge >= 0.3 is 35.8 Å². The van der Waals surface area contributed by atoms with Gasteiger partial charge in [0.15, 0.2) is 23.9 Å². The van der Waals surface area contributed by atoms with Gasteiger partial charge in [0.25, 0.3) is 0 Å². The first-order valence-electron chi connectivity index (χ1n) is 8.03. The van der Waals surface area contributed by atoms with E-state index in [0.717, 1.165) is 0 Å². The van der Waals surface area contributed by atoms with Crippen molar-refractivity contribution in [3.8, 4) is 0 Å². The van der Waals surface area contributed by atoms with Gasteiger partial charge < -0.3 is 51.1 Å². The predicted octanol–water partition coefficient (Wildman–Crippen LogP) is -3.19. The van der Waals surface area contributed by atoms with Gasteiger partial charge in [0.2, 0.25) is 0 Å². The van der Waals surface area contributed by atoms with Crippen LogP contribution in [0.3, 0.4) is 0 Å². The van der Waals surface area contributed by atoms with Gasteiger partial charge in [-0.1, -0.05) is 0 Å². The summed E-state index contributed by atoms with van der Waals surface area (Å²) in [7, 11) is 0. The molecule has 0 radical (unpaired) electrons. The summed E-state index contributed by atoms with van der Waals surface area (Å²) in [6.45, 7) is 0. The Bertz CT molecular complexity index is 628. The van der Waals surface area contributed by atoms with Crippen molar-refractivity contribution in [2.24, 2.45) is 0 Å². The highest BCUT2D eigenvalue weighted by Crippen LogP contribution is 2.15. The van der Waals surface area contributed by atoms with Crippen LogP contribution in [0.4, 0.5) is 0 Å². The Morgan fingerprint density at radius 3 is 1.25 bits per heavy atom. The maximum atomic E-state index is 10.3. The van der Waals surface area contributed by atoms with Gasteiger partial charge in [-0.15, -0.1) is 0 Å². The average molecular weight is 492 g/mol. The van der Waals surface area contributed by atoms with Crippen LogP contribution in [0.15, 0.2) is 0 Å². The van der Waals surface area contributed by atoms with Crippen LogP contribution in [0.25, 0.3) is 0 Å². The summed E-state index contributed by atoms with van der Waals surface area (Å²) in [4.78, 5) is 60.0. The monoisotopic (exact) mass is 492 g/mol. The standard InChI is InChI=1S/C6H8O7.C5H10O3S.C4H6O6/c7-3(8)1-6(13,5(11)12)2-4(9)10;1-9-3-2-4(6)5(7)8;5-1(3(7)8)2(6)4(9)10/h13H,1-2H2,(H,7,8)(H,9,10)(H,11,12);4,6H,2-3H2,1H3,(H,7,8);1-2,5-6H,(H,7,8)(H,9,10). The molecule has 0 heterocycles. The van der Waals surface area contributed by atoms with Crippen LogP contribution in [-0.4, -0.2) is 123 Å². The Morgan fingerprint density at radius 1 is 0.719 bits per heavy atom. The highest BCUT2D eigenvalue weighted by atomic mass is 32.2. The Hall–Kier alpha value is -2.99. The molecule has 0 fully saturated rings. The molecule has 0 aromatic heterocycles. The van der Waals surface area contributed by atoms with Gasteiger partial charge in [-0.25, -0.2) is 19.2 Å². The van der Waals surface area contributed by atoms with Crippen molar-refractivity contribution >= 4 is 47.6 Å². The van der Waals surface area contributed by atoms with Gasteiger partial charge in [-0.2, -0.15) is 11.8 Å². The summed E-state index contributed by atoms with van der Waals surface area (Å²) in [5, 5.41) is 83.1. The summed E-state index contributed by atoms with van der Waals surface area (Å²) in [6, 6.07) is 0. The molecule has 32 heavy (non-hydrogen) atoms. The van der Waals surface area contributed by atoms with Crippen molar-refractivity contribution in [3.63, 3.8) is 0 Å². The van der Waals surface area contributed by atoms with Gasteiger partial charge in [0.05, 0.1) is 12.8 Å². The lowest BCUT2D eigenvalue weighted by molar-refractivity contribution is -0.170. The maximum Gasteiger partial charge on any atom is 0.336 e. The second-order valence-corrected chi connectivity index (χ2v) is 6.67. The van der Waals surface area contributed by atoms with Crippen LogP contribution in [0.5, 0.6) is 0 Å². The van der Waals surface area contributed by atoms with Crippen molar-refractivity contribution < 1.29 is 79.8 Å². The van der Waals surface area contributed by atoms with Crippen LogP contribution in [0.2, 0.25) is 0 Å². The fourth-order valence-corrected chi connectivity index (χ4v) is 1.80. The second kappa shape index (κ2) is 16.7. The predicted molar refractivity (Wildman–Crippen MR) is 101 cm³/mol. The highest BCUT2D eigenvalue weighted by molar-refractivity contribution is 7.98. The van der Waals surface area contributed by atoms with Crippen LogP contribution in [0.1, 0.15) is 19.3 Å². The summed E-state index contributed by atoms with van der Waals surface area (Å²) in [5.74, 6) is -9.00. The summed E-state index contributed by atoms with van der Waals surface area (Å²) in [6.07, 6.45) is -5.80. The van der Waals surface area contributed by atoms with Crippen molar-refractivity contribution in [1.82, 2.24) is 0 Å². The Balaban J connectivity index is -0.000000403. The molecule has 0 aliphatic carbocycles. The zero-order valence-corrected chi connectivity index (χ0v) is 17.2. The van der Waals surface area contributed by atoms with E-state index < -0.39 is 72.6 Å². The number of thioether (sulfide) groups is 1. The van der Waals surface area contributed by atoms with E-state index in [1.54, 1.807) is 0 Å². The molecule has 0 rings (SSSR count). The normalized spacial score (nSPS) is 13.0. The Labute approximate surface area is 183 Å². The van der Waals surface area contributed by atoms with E-state index in [-0.39, 0.29) is 0 Å². The maximum absolute atomic E-state index is 10.3. The number of rotatable bonds is 12. The first kappa shape index (κ1) is 33.6. The van der Waals surface area contributed by atoms with Gasteiger partial charge in [-0.05, 0) is 18.4 Å². The molecule has 10 N–H and O–H groups in total. The molecule has 0 saturated carbocycles. The number of carbonyl (C=O) groups is 6. The van der Waals surface area contributed by atoms with Crippen molar-refractivity contribution in [2.45, 2.75) is 43.2 Å². The fraction of sp³-hybridized carbons (Fsp3) is 0.600. The largest absolute Gasteiger partial charge is 0.481 e. The highest BCUT2D eigenvalue weighted by Gasteiger charge is 2.40. The number of carboxylic acids is 6. The molecule has 17 heteroatoms. The minimum atomic E-state index is -2.74. The number of aliphatic carboxylic acids is 6. The quantitative estimate of drug-likeness (QED) is 0.128. The minimum Gasteiger partial charge on any atom is -0.481 e. The average Bonchev–Trinajstić information content (AvgIpc) is 2.64. The third-order valence-corrected chi connectivity index (χ3v) is 3.61. The molecule has 0 aromatic rings. The Morgan fingerprint density at radius 2 is 1.06 bits per heavy atom. The van der Waals surface area contributed by atoms with Crippen LogP contribution in [-0.2, 0) is 28.8 Å². The molecule has 3 unspecified atom stereocenters. The SMILES string of the molecule is CSCCC(O)C(=O)O.O=C(O)C(O)C(O)C(=O)O.O=C(O)CC(O)(CC(=O)O)C(=O)O. The minimum absolute atomic E-state index is 0.330. The van der Waals surface area contributed by atoms with Gasteiger partial charge in [0.1, 0.15) is 0 Å². The number of hydrogen-bond acceptors (Lipinski definition) is 11. The fourth-order valence-electron chi connectivity index (χ4n) is 1.34. The topological polar surface area (TPSA) is 305 Å². The van der Waals surface area contributed by atoms with E-state index in [9.17, 15) is 28.8 Å². The first-order chi connectivity index (χ1) is 14.4. The molecule has 16 nitrogen and oxygen atoms in total. The summed E-state index contributed by atoms with van der Waals surface area (Å²) >= 11 is 1.52. The third-order valence-electron chi connectivity index (χ3n) is 2.97. The molecule has 0 aliphatic rings. The van der Waals surface area contributed by atoms with E-state index in [4.69, 9.17) is 51.1 Å².